The summed E-state index contributed by atoms with van der Waals surface area (Å²) < 4.78 is 0. The normalized spacial score (nSPS) is 13.9. The van der Waals surface area contributed by atoms with Gasteiger partial charge in [0.2, 0.25) is 0 Å². The number of aryl methyl sites for hydroxylation is 1. The first kappa shape index (κ1) is 14.7. The SMILES string of the molecule is CCc1ccc(C(CC)N[C@@H](C)c2cccnc2)cc1. The van der Waals surface area contributed by atoms with E-state index in [9.17, 15) is 0 Å². The van der Waals surface area contributed by atoms with Crippen LogP contribution in [0.25, 0.3) is 0 Å². The number of benzene rings is 1. The van der Waals surface area contributed by atoms with Crippen molar-refractivity contribution in [3.63, 3.8) is 0 Å². The Morgan fingerprint density at radius 2 is 1.80 bits per heavy atom. The maximum Gasteiger partial charge on any atom is 0.0323 e. The van der Waals surface area contributed by atoms with Gasteiger partial charge in [0.1, 0.15) is 0 Å². The first-order chi connectivity index (χ1) is 9.74. The Labute approximate surface area is 122 Å². The summed E-state index contributed by atoms with van der Waals surface area (Å²) in [5.74, 6) is 0. The van der Waals surface area contributed by atoms with Crippen LogP contribution in [0, 0.1) is 0 Å². The molecule has 2 aromatic rings. The molecule has 2 rings (SSSR count). The molecule has 20 heavy (non-hydrogen) atoms. The molecule has 1 unspecified atom stereocenters. The van der Waals surface area contributed by atoms with E-state index in [4.69, 9.17) is 0 Å². The maximum atomic E-state index is 4.19. The van der Waals surface area contributed by atoms with Gasteiger partial charge in [0.15, 0.2) is 0 Å². The van der Waals surface area contributed by atoms with Gasteiger partial charge >= 0.3 is 0 Å². The monoisotopic (exact) mass is 268 g/mol. The fraction of sp³-hybridized carbons (Fsp3) is 0.389. The highest BCUT2D eigenvalue weighted by Gasteiger charge is 2.13. The molecule has 2 atom stereocenters. The van der Waals surface area contributed by atoms with Gasteiger partial charge in [-0.05, 0) is 42.5 Å². The van der Waals surface area contributed by atoms with E-state index in [0.29, 0.717) is 12.1 Å². The first-order valence-electron chi connectivity index (χ1n) is 7.49. The van der Waals surface area contributed by atoms with Crippen molar-refractivity contribution in [1.29, 1.82) is 0 Å². The predicted octanol–water partition coefficient (Wildman–Crippen LogP) is 4.45. The Morgan fingerprint density at radius 3 is 2.35 bits per heavy atom. The molecule has 1 N–H and O–H groups in total. The van der Waals surface area contributed by atoms with Gasteiger partial charge in [-0.25, -0.2) is 0 Å². The molecule has 0 saturated carbocycles. The first-order valence-corrected chi connectivity index (χ1v) is 7.49. The molecule has 2 heteroatoms. The van der Waals surface area contributed by atoms with Crippen molar-refractivity contribution in [1.82, 2.24) is 10.3 Å². The Morgan fingerprint density at radius 1 is 1.05 bits per heavy atom. The number of rotatable bonds is 6. The Balaban J connectivity index is 2.08. The van der Waals surface area contributed by atoms with Gasteiger partial charge in [-0.3, -0.25) is 4.98 Å². The lowest BCUT2D eigenvalue weighted by atomic mass is 10.00. The van der Waals surface area contributed by atoms with Crippen LogP contribution in [0.5, 0.6) is 0 Å². The van der Waals surface area contributed by atoms with E-state index in [1.165, 1.54) is 16.7 Å². The number of nitrogens with zero attached hydrogens (tertiary/aromatic N) is 1. The van der Waals surface area contributed by atoms with E-state index in [0.717, 1.165) is 12.8 Å². The highest BCUT2D eigenvalue weighted by molar-refractivity contribution is 5.25. The second kappa shape index (κ2) is 7.20. The van der Waals surface area contributed by atoms with Gasteiger partial charge in [0, 0.05) is 24.5 Å². The average molecular weight is 268 g/mol. The van der Waals surface area contributed by atoms with Crippen molar-refractivity contribution in [2.24, 2.45) is 0 Å². The summed E-state index contributed by atoms with van der Waals surface area (Å²) in [4.78, 5) is 4.19. The zero-order valence-corrected chi connectivity index (χ0v) is 12.6. The average Bonchev–Trinajstić information content (AvgIpc) is 2.53. The Hall–Kier alpha value is -1.67. The smallest absolute Gasteiger partial charge is 0.0323 e. The van der Waals surface area contributed by atoms with Gasteiger partial charge < -0.3 is 5.32 Å². The molecule has 1 aromatic carbocycles. The zero-order chi connectivity index (χ0) is 14.4. The van der Waals surface area contributed by atoms with Crippen molar-refractivity contribution in [2.75, 3.05) is 0 Å². The topological polar surface area (TPSA) is 24.9 Å². The third-order valence-electron chi connectivity index (χ3n) is 3.83. The molecule has 0 aliphatic rings. The standard InChI is InChI=1S/C18H24N2/c1-4-15-8-10-16(11-9-15)18(5-2)20-14(3)17-7-6-12-19-13-17/h6-14,18,20H,4-5H2,1-3H3/t14-,18?/m0/s1. The maximum absolute atomic E-state index is 4.19. The van der Waals surface area contributed by atoms with E-state index in [2.05, 4.69) is 61.4 Å². The molecule has 0 amide bonds. The molecule has 0 radical (unpaired) electrons. The second-order valence-corrected chi connectivity index (χ2v) is 5.23. The molecular formula is C18H24N2. The number of pyridine rings is 1. The molecule has 1 heterocycles. The van der Waals surface area contributed by atoms with Crippen LogP contribution in [0.3, 0.4) is 0 Å². The second-order valence-electron chi connectivity index (χ2n) is 5.23. The van der Waals surface area contributed by atoms with Crippen LogP contribution in [-0.2, 0) is 6.42 Å². The quantitative estimate of drug-likeness (QED) is 0.837. The van der Waals surface area contributed by atoms with Gasteiger partial charge in [-0.15, -0.1) is 0 Å². The fourth-order valence-corrected chi connectivity index (χ4v) is 2.47. The third-order valence-corrected chi connectivity index (χ3v) is 3.83. The van der Waals surface area contributed by atoms with E-state index < -0.39 is 0 Å². The Bertz CT molecular complexity index is 505. The Kier molecular flexibility index (Phi) is 5.31. The highest BCUT2D eigenvalue weighted by Crippen LogP contribution is 2.22. The van der Waals surface area contributed by atoms with Crippen molar-refractivity contribution < 1.29 is 0 Å². The van der Waals surface area contributed by atoms with E-state index in [-0.39, 0.29) is 0 Å². The number of hydrogen-bond donors (Lipinski definition) is 1. The van der Waals surface area contributed by atoms with E-state index >= 15 is 0 Å². The number of aromatic nitrogens is 1. The summed E-state index contributed by atoms with van der Waals surface area (Å²) in [6, 6.07) is 13.8. The summed E-state index contributed by atoms with van der Waals surface area (Å²) in [6.07, 6.45) is 5.92. The zero-order valence-electron chi connectivity index (χ0n) is 12.6. The predicted molar refractivity (Wildman–Crippen MR) is 84.6 cm³/mol. The van der Waals surface area contributed by atoms with Crippen molar-refractivity contribution in [3.05, 3.63) is 65.5 Å². The van der Waals surface area contributed by atoms with Crippen LogP contribution >= 0.6 is 0 Å². The summed E-state index contributed by atoms with van der Waals surface area (Å²) in [5.41, 5.74) is 3.99. The molecular weight excluding hydrogens is 244 g/mol. The van der Waals surface area contributed by atoms with Crippen molar-refractivity contribution in [2.45, 2.75) is 45.7 Å². The minimum Gasteiger partial charge on any atom is -0.303 e. The molecule has 0 saturated heterocycles. The van der Waals surface area contributed by atoms with Crippen LogP contribution in [0.2, 0.25) is 0 Å². The lowest BCUT2D eigenvalue weighted by molar-refractivity contribution is 0.455. The molecule has 2 nitrogen and oxygen atoms in total. The molecule has 106 valence electrons. The third kappa shape index (κ3) is 3.67. The summed E-state index contributed by atoms with van der Waals surface area (Å²) >= 11 is 0. The molecule has 0 aliphatic heterocycles. The highest BCUT2D eigenvalue weighted by atomic mass is 14.9. The van der Waals surface area contributed by atoms with Gasteiger partial charge in [-0.1, -0.05) is 44.2 Å². The molecule has 0 fully saturated rings. The van der Waals surface area contributed by atoms with Crippen LogP contribution in [0.4, 0.5) is 0 Å². The summed E-state index contributed by atoms with van der Waals surface area (Å²) in [7, 11) is 0. The van der Waals surface area contributed by atoms with E-state index in [1.807, 2.05) is 18.5 Å². The van der Waals surface area contributed by atoms with Gasteiger partial charge in [-0.2, -0.15) is 0 Å². The van der Waals surface area contributed by atoms with Crippen LogP contribution < -0.4 is 5.32 Å². The minimum absolute atomic E-state index is 0.305. The number of nitrogens with one attached hydrogen (secondary N) is 1. The van der Waals surface area contributed by atoms with E-state index in [1.54, 1.807) is 0 Å². The summed E-state index contributed by atoms with van der Waals surface area (Å²) in [5, 5.41) is 3.70. The van der Waals surface area contributed by atoms with Crippen LogP contribution in [0.1, 0.15) is 56.0 Å². The minimum atomic E-state index is 0.305. The van der Waals surface area contributed by atoms with Crippen molar-refractivity contribution >= 4 is 0 Å². The van der Waals surface area contributed by atoms with Crippen LogP contribution in [0.15, 0.2) is 48.8 Å². The lowest BCUT2D eigenvalue weighted by Gasteiger charge is -2.23. The number of hydrogen-bond acceptors (Lipinski definition) is 2. The largest absolute Gasteiger partial charge is 0.303 e. The van der Waals surface area contributed by atoms with Crippen molar-refractivity contribution in [3.8, 4) is 0 Å². The van der Waals surface area contributed by atoms with Gasteiger partial charge in [0.05, 0.1) is 0 Å². The molecule has 0 spiro atoms. The summed E-state index contributed by atoms with van der Waals surface area (Å²) in [6.45, 7) is 6.61. The van der Waals surface area contributed by atoms with Gasteiger partial charge in [0.25, 0.3) is 0 Å². The lowest BCUT2D eigenvalue weighted by Crippen LogP contribution is -2.24. The molecule has 0 aliphatic carbocycles. The molecule has 1 aromatic heterocycles. The molecule has 0 bridgehead atoms. The van der Waals surface area contributed by atoms with Crippen LogP contribution in [-0.4, -0.2) is 4.98 Å². The fourth-order valence-electron chi connectivity index (χ4n) is 2.47.